The summed E-state index contributed by atoms with van der Waals surface area (Å²) >= 11 is 0. The van der Waals surface area contributed by atoms with Crippen molar-refractivity contribution in [3.8, 4) is 0 Å². The largest absolute Gasteiger partial charge is 0.409 e. The molecule has 0 aliphatic heterocycles. The number of amidine groups is 1. The molecule has 0 aromatic rings. The van der Waals surface area contributed by atoms with Crippen molar-refractivity contribution in [2.75, 3.05) is 19.7 Å². The van der Waals surface area contributed by atoms with Crippen molar-refractivity contribution in [1.29, 1.82) is 0 Å². The number of nitrogens with zero attached hydrogens (tertiary/aromatic N) is 1. The van der Waals surface area contributed by atoms with Gasteiger partial charge in [0, 0.05) is 31.0 Å². The summed E-state index contributed by atoms with van der Waals surface area (Å²) in [4.78, 5) is 0. The van der Waals surface area contributed by atoms with Crippen LogP contribution in [0, 0.1) is 11.3 Å². The van der Waals surface area contributed by atoms with Gasteiger partial charge >= 0.3 is 0 Å². The zero-order valence-corrected chi connectivity index (χ0v) is 9.95. The van der Waals surface area contributed by atoms with Crippen LogP contribution in [0.2, 0.25) is 0 Å². The summed E-state index contributed by atoms with van der Waals surface area (Å²) in [6.07, 6.45) is 4.60. The summed E-state index contributed by atoms with van der Waals surface area (Å²) < 4.78 is 0. The molecular weight excluding hydrogens is 206 g/mol. The number of aliphatic hydroxyl groups is 1. The van der Waals surface area contributed by atoms with Crippen LogP contribution in [0.25, 0.3) is 0 Å². The van der Waals surface area contributed by atoms with E-state index in [4.69, 9.17) is 10.9 Å². The van der Waals surface area contributed by atoms with Gasteiger partial charge in [0.1, 0.15) is 5.84 Å². The standard InChI is InChI=1S/C11H23N3O2/c1-9(10(12)14-16)6-13-7-11(8-15)4-2-3-5-11/h9,13,15-16H,2-8H2,1H3,(H2,12,14). The van der Waals surface area contributed by atoms with Gasteiger partial charge in [-0.25, -0.2) is 0 Å². The average molecular weight is 229 g/mol. The highest BCUT2D eigenvalue weighted by molar-refractivity contribution is 5.82. The predicted octanol–water partition coefficient (Wildman–Crippen LogP) is 0.511. The van der Waals surface area contributed by atoms with Gasteiger partial charge in [-0.05, 0) is 12.8 Å². The van der Waals surface area contributed by atoms with Crippen LogP contribution >= 0.6 is 0 Å². The smallest absolute Gasteiger partial charge is 0.143 e. The molecule has 94 valence electrons. The van der Waals surface area contributed by atoms with E-state index in [9.17, 15) is 5.11 Å². The third-order valence-corrected chi connectivity index (χ3v) is 3.57. The summed E-state index contributed by atoms with van der Waals surface area (Å²) in [6, 6.07) is 0. The highest BCUT2D eigenvalue weighted by Crippen LogP contribution is 2.36. The van der Waals surface area contributed by atoms with Gasteiger partial charge in [0.25, 0.3) is 0 Å². The summed E-state index contributed by atoms with van der Waals surface area (Å²) in [5.41, 5.74) is 5.55. The third kappa shape index (κ3) is 3.35. The monoisotopic (exact) mass is 229 g/mol. The van der Waals surface area contributed by atoms with Crippen LogP contribution in [0.4, 0.5) is 0 Å². The van der Waals surface area contributed by atoms with Crippen LogP contribution in [-0.4, -0.2) is 35.8 Å². The van der Waals surface area contributed by atoms with Gasteiger partial charge in [0.2, 0.25) is 0 Å². The first kappa shape index (κ1) is 13.3. The van der Waals surface area contributed by atoms with Crippen molar-refractivity contribution >= 4 is 5.84 Å². The Kier molecular flexibility index (Phi) is 5.02. The van der Waals surface area contributed by atoms with Gasteiger partial charge in [0.15, 0.2) is 0 Å². The Morgan fingerprint density at radius 3 is 2.62 bits per heavy atom. The average Bonchev–Trinajstić information content (AvgIpc) is 2.77. The Bertz CT molecular complexity index is 237. The molecule has 0 heterocycles. The predicted molar refractivity (Wildman–Crippen MR) is 63.4 cm³/mol. The van der Waals surface area contributed by atoms with E-state index in [1.807, 2.05) is 6.92 Å². The highest BCUT2D eigenvalue weighted by Gasteiger charge is 2.32. The normalized spacial score (nSPS) is 22.2. The van der Waals surface area contributed by atoms with Gasteiger partial charge in [-0.15, -0.1) is 0 Å². The van der Waals surface area contributed by atoms with E-state index in [2.05, 4.69) is 10.5 Å². The fourth-order valence-corrected chi connectivity index (χ4v) is 2.27. The molecule has 0 saturated heterocycles. The maximum Gasteiger partial charge on any atom is 0.143 e. The van der Waals surface area contributed by atoms with E-state index in [0.29, 0.717) is 6.54 Å². The van der Waals surface area contributed by atoms with Crippen molar-refractivity contribution in [3.05, 3.63) is 0 Å². The first-order chi connectivity index (χ1) is 7.63. The van der Waals surface area contributed by atoms with E-state index < -0.39 is 0 Å². The molecule has 5 heteroatoms. The Morgan fingerprint density at radius 1 is 1.50 bits per heavy atom. The van der Waals surface area contributed by atoms with E-state index in [0.717, 1.165) is 19.4 Å². The Hall–Kier alpha value is -0.810. The van der Waals surface area contributed by atoms with Crippen LogP contribution in [-0.2, 0) is 0 Å². The molecule has 0 spiro atoms. The van der Waals surface area contributed by atoms with E-state index in [-0.39, 0.29) is 23.8 Å². The van der Waals surface area contributed by atoms with Gasteiger partial charge in [0.05, 0.1) is 0 Å². The molecular formula is C11H23N3O2. The van der Waals surface area contributed by atoms with Crippen molar-refractivity contribution in [2.45, 2.75) is 32.6 Å². The molecule has 1 fully saturated rings. The molecule has 0 amide bonds. The molecule has 1 unspecified atom stereocenters. The molecule has 5 nitrogen and oxygen atoms in total. The minimum Gasteiger partial charge on any atom is -0.409 e. The Morgan fingerprint density at radius 2 is 2.12 bits per heavy atom. The minimum absolute atomic E-state index is 0.0159. The molecule has 1 rings (SSSR count). The number of rotatable bonds is 6. The first-order valence-corrected chi connectivity index (χ1v) is 5.92. The van der Waals surface area contributed by atoms with Gasteiger partial charge in [-0.2, -0.15) is 0 Å². The zero-order chi connectivity index (χ0) is 12.0. The van der Waals surface area contributed by atoms with Crippen LogP contribution in [0.15, 0.2) is 5.16 Å². The summed E-state index contributed by atoms with van der Waals surface area (Å²) in [6.45, 7) is 3.64. The molecule has 1 aliphatic carbocycles. The van der Waals surface area contributed by atoms with Crippen LogP contribution in [0.3, 0.4) is 0 Å². The summed E-state index contributed by atoms with van der Waals surface area (Å²) in [5.74, 6) is 0.263. The molecule has 0 aromatic carbocycles. The fourth-order valence-electron chi connectivity index (χ4n) is 2.27. The lowest BCUT2D eigenvalue weighted by Gasteiger charge is -2.27. The lowest BCUT2D eigenvalue weighted by Crippen LogP contribution is -2.39. The first-order valence-electron chi connectivity index (χ1n) is 5.92. The van der Waals surface area contributed by atoms with Crippen LogP contribution in [0.5, 0.6) is 0 Å². The maximum atomic E-state index is 9.41. The molecule has 0 aromatic heterocycles. The number of nitrogens with one attached hydrogen (secondary N) is 1. The number of hydrogen-bond acceptors (Lipinski definition) is 4. The molecule has 0 radical (unpaired) electrons. The lowest BCUT2D eigenvalue weighted by atomic mass is 9.87. The van der Waals surface area contributed by atoms with Crippen molar-refractivity contribution in [2.24, 2.45) is 22.2 Å². The highest BCUT2D eigenvalue weighted by atomic mass is 16.4. The lowest BCUT2D eigenvalue weighted by molar-refractivity contribution is 0.128. The number of oxime groups is 1. The van der Waals surface area contributed by atoms with Gasteiger partial charge < -0.3 is 21.4 Å². The number of nitrogens with two attached hydrogens (primary N) is 1. The fraction of sp³-hybridized carbons (Fsp3) is 0.909. The van der Waals surface area contributed by atoms with Crippen LogP contribution < -0.4 is 11.1 Å². The van der Waals surface area contributed by atoms with Gasteiger partial charge in [-0.1, -0.05) is 24.9 Å². The SMILES string of the molecule is CC(CNCC1(CO)CCCC1)C(N)=NO. The van der Waals surface area contributed by atoms with E-state index in [1.54, 1.807) is 0 Å². The Labute approximate surface area is 96.7 Å². The Balaban J connectivity index is 2.29. The van der Waals surface area contributed by atoms with Crippen molar-refractivity contribution in [3.63, 3.8) is 0 Å². The van der Waals surface area contributed by atoms with Crippen LogP contribution in [0.1, 0.15) is 32.6 Å². The minimum atomic E-state index is 0.0159. The molecule has 1 aliphatic rings. The number of aliphatic hydroxyl groups excluding tert-OH is 1. The third-order valence-electron chi connectivity index (χ3n) is 3.57. The maximum absolute atomic E-state index is 9.41. The zero-order valence-electron chi connectivity index (χ0n) is 9.95. The topological polar surface area (TPSA) is 90.9 Å². The van der Waals surface area contributed by atoms with Gasteiger partial charge in [-0.3, -0.25) is 0 Å². The summed E-state index contributed by atoms with van der Waals surface area (Å²) in [5, 5.41) is 24.2. The van der Waals surface area contributed by atoms with Crippen molar-refractivity contribution < 1.29 is 10.3 Å². The van der Waals surface area contributed by atoms with Crippen molar-refractivity contribution in [1.82, 2.24) is 5.32 Å². The molecule has 1 saturated carbocycles. The summed E-state index contributed by atoms with van der Waals surface area (Å²) in [7, 11) is 0. The number of hydrogen-bond donors (Lipinski definition) is 4. The molecule has 0 bridgehead atoms. The molecule has 5 N–H and O–H groups in total. The molecule has 16 heavy (non-hydrogen) atoms. The van der Waals surface area contributed by atoms with E-state index in [1.165, 1.54) is 12.8 Å². The second-order valence-electron chi connectivity index (χ2n) is 4.92. The second kappa shape index (κ2) is 6.06. The quantitative estimate of drug-likeness (QED) is 0.231. The van der Waals surface area contributed by atoms with E-state index >= 15 is 0 Å². The molecule has 1 atom stereocenters. The second-order valence-corrected chi connectivity index (χ2v) is 4.92.